The number of carbonyl (C=O) groups is 2. The second-order valence-corrected chi connectivity index (χ2v) is 9.34. The van der Waals surface area contributed by atoms with Crippen LogP contribution in [0.25, 0.3) is 0 Å². The molecule has 2 amide bonds. The molecule has 1 rings (SSSR count). The summed E-state index contributed by atoms with van der Waals surface area (Å²) in [7, 11) is 0. The van der Waals surface area contributed by atoms with Crippen LogP contribution in [0.5, 0.6) is 0 Å². The zero-order valence-corrected chi connectivity index (χ0v) is 17.9. The van der Waals surface area contributed by atoms with Crippen LogP contribution in [0.2, 0.25) is 0 Å². The van der Waals surface area contributed by atoms with Crippen molar-refractivity contribution in [2.45, 2.75) is 62.3 Å². The molecule has 0 bridgehead atoms. The van der Waals surface area contributed by atoms with Gasteiger partial charge < -0.3 is 10.8 Å². The average Bonchev–Trinajstić information content (AvgIpc) is 2.65. The first-order chi connectivity index (χ1) is 12.8. The molecule has 0 saturated heterocycles. The van der Waals surface area contributed by atoms with Crippen molar-refractivity contribution in [1.29, 1.82) is 0 Å². The van der Waals surface area contributed by atoms with Crippen molar-refractivity contribution in [3.63, 3.8) is 0 Å². The Kier molecular flexibility index (Phi) is 11.5. The van der Waals surface area contributed by atoms with Gasteiger partial charge in [-0.15, -0.1) is 11.8 Å². The van der Waals surface area contributed by atoms with Gasteiger partial charge in [0.1, 0.15) is 6.10 Å². The van der Waals surface area contributed by atoms with E-state index in [0.717, 1.165) is 29.2 Å². The summed E-state index contributed by atoms with van der Waals surface area (Å²) in [5.41, 5.74) is 10.8. The van der Waals surface area contributed by atoms with Crippen LogP contribution < -0.4 is 16.6 Å². The molecular formula is C19H31N3O3S2. The van der Waals surface area contributed by atoms with Crippen LogP contribution >= 0.6 is 23.5 Å². The van der Waals surface area contributed by atoms with Gasteiger partial charge in [0.25, 0.3) is 11.8 Å². The quantitative estimate of drug-likeness (QED) is 0.252. The third-order valence-electron chi connectivity index (χ3n) is 3.76. The maximum absolute atomic E-state index is 12.1. The monoisotopic (exact) mass is 413 g/mol. The predicted octanol–water partition coefficient (Wildman–Crippen LogP) is 2.56. The van der Waals surface area contributed by atoms with Gasteiger partial charge in [0, 0.05) is 16.5 Å². The average molecular weight is 414 g/mol. The Bertz CT molecular complexity index is 582. The number of benzene rings is 1. The molecule has 8 heteroatoms. The standard InChI is InChI=1S/C19H31N3O3S2/c1-4-5-11-27-15-8-6-14(7-9-15)18(24)21-22-19(25)17(23)16(20)10-12-26-13(2)3/h6-9,13,16-17,23H,4-5,10-12,20H2,1-3H3,(H,21,24)(H,22,25)/t16-,17?/m1/s1. The molecule has 0 fully saturated rings. The van der Waals surface area contributed by atoms with Gasteiger partial charge in [0.15, 0.2) is 0 Å². The van der Waals surface area contributed by atoms with Crippen LogP contribution in [0, 0.1) is 0 Å². The van der Waals surface area contributed by atoms with Crippen molar-refractivity contribution in [3.8, 4) is 0 Å². The SMILES string of the molecule is CCCCSc1ccc(C(=O)NNC(=O)C(O)[C@H](N)CCSC(C)C)cc1. The Balaban J connectivity index is 2.40. The molecule has 0 aromatic heterocycles. The summed E-state index contributed by atoms with van der Waals surface area (Å²) in [5.74, 6) is 0.658. The Hall–Kier alpha value is -1.22. The fourth-order valence-electron chi connectivity index (χ4n) is 2.09. The first kappa shape index (κ1) is 23.8. The molecule has 0 heterocycles. The molecule has 1 aromatic rings. The van der Waals surface area contributed by atoms with Gasteiger partial charge in [-0.05, 0) is 53.9 Å². The summed E-state index contributed by atoms with van der Waals surface area (Å²) in [6.07, 6.45) is 1.46. The Morgan fingerprint density at radius 2 is 1.81 bits per heavy atom. The van der Waals surface area contributed by atoms with Crippen LogP contribution in [0.15, 0.2) is 29.2 Å². The second-order valence-electron chi connectivity index (χ2n) is 6.49. The molecular weight excluding hydrogens is 382 g/mol. The third kappa shape index (κ3) is 9.51. The van der Waals surface area contributed by atoms with E-state index < -0.39 is 24.0 Å². The van der Waals surface area contributed by atoms with Gasteiger partial charge in [0.05, 0.1) is 0 Å². The fraction of sp³-hybridized carbons (Fsp3) is 0.579. The lowest BCUT2D eigenvalue weighted by molar-refractivity contribution is -0.131. The second kappa shape index (κ2) is 13.0. The minimum absolute atomic E-state index is 0.433. The third-order valence-corrected chi connectivity index (χ3v) is 6.00. The van der Waals surface area contributed by atoms with Crippen LogP contribution in [0.3, 0.4) is 0 Å². The molecule has 0 saturated carbocycles. The molecule has 0 aliphatic heterocycles. The van der Waals surface area contributed by atoms with E-state index in [0.29, 0.717) is 17.2 Å². The van der Waals surface area contributed by atoms with Crippen molar-refractivity contribution in [3.05, 3.63) is 29.8 Å². The normalized spacial score (nSPS) is 13.3. The molecule has 2 atom stereocenters. The van der Waals surface area contributed by atoms with Crippen molar-refractivity contribution < 1.29 is 14.7 Å². The summed E-state index contributed by atoms with van der Waals surface area (Å²) in [4.78, 5) is 25.2. The van der Waals surface area contributed by atoms with Crippen LogP contribution in [-0.2, 0) is 4.79 Å². The highest BCUT2D eigenvalue weighted by molar-refractivity contribution is 7.99. The minimum Gasteiger partial charge on any atom is -0.382 e. The number of thioether (sulfide) groups is 2. The summed E-state index contributed by atoms with van der Waals surface area (Å²) < 4.78 is 0. The molecule has 1 unspecified atom stereocenters. The van der Waals surface area contributed by atoms with Crippen LogP contribution in [0.1, 0.15) is 50.4 Å². The minimum atomic E-state index is -1.37. The van der Waals surface area contributed by atoms with Gasteiger partial charge in [-0.1, -0.05) is 27.2 Å². The van der Waals surface area contributed by atoms with Gasteiger partial charge in [0.2, 0.25) is 0 Å². The van der Waals surface area contributed by atoms with Crippen molar-refractivity contribution >= 4 is 35.3 Å². The first-order valence-electron chi connectivity index (χ1n) is 9.23. The molecule has 152 valence electrons. The number of amides is 2. The van der Waals surface area contributed by atoms with Crippen LogP contribution in [-0.4, -0.2) is 45.8 Å². The largest absolute Gasteiger partial charge is 0.382 e. The van der Waals surface area contributed by atoms with E-state index in [1.165, 1.54) is 0 Å². The van der Waals surface area contributed by atoms with Crippen LogP contribution in [0.4, 0.5) is 0 Å². The smallest absolute Gasteiger partial charge is 0.269 e. The van der Waals surface area contributed by atoms with E-state index in [4.69, 9.17) is 5.73 Å². The lowest BCUT2D eigenvalue weighted by Gasteiger charge is -2.18. The van der Waals surface area contributed by atoms with Gasteiger partial charge >= 0.3 is 0 Å². The molecule has 1 aromatic carbocycles. The lowest BCUT2D eigenvalue weighted by Crippen LogP contribution is -2.52. The molecule has 0 radical (unpaired) electrons. The number of aliphatic hydroxyl groups is 1. The van der Waals surface area contributed by atoms with Gasteiger partial charge in [-0.25, -0.2) is 0 Å². The number of carbonyl (C=O) groups excluding carboxylic acids is 2. The topological polar surface area (TPSA) is 104 Å². The predicted molar refractivity (Wildman–Crippen MR) is 114 cm³/mol. The number of aliphatic hydroxyl groups excluding tert-OH is 1. The summed E-state index contributed by atoms with van der Waals surface area (Å²) in [6.45, 7) is 6.30. The summed E-state index contributed by atoms with van der Waals surface area (Å²) in [5, 5.41) is 10.4. The number of hydrazine groups is 1. The highest BCUT2D eigenvalue weighted by atomic mass is 32.2. The fourth-order valence-corrected chi connectivity index (χ4v) is 3.97. The Labute approximate surface area is 170 Å². The number of nitrogens with two attached hydrogens (primary N) is 1. The van der Waals surface area contributed by atoms with E-state index in [1.54, 1.807) is 35.7 Å². The van der Waals surface area contributed by atoms with Crippen molar-refractivity contribution in [1.82, 2.24) is 10.9 Å². The molecule has 0 spiro atoms. The molecule has 0 aliphatic rings. The first-order valence-corrected chi connectivity index (χ1v) is 11.3. The van der Waals surface area contributed by atoms with Gasteiger partial charge in [-0.3, -0.25) is 20.4 Å². The Morgan fingerprint density at radius 1 is 1.15 bits per heavy atom. The zero-order chi connectivity index (χ0) is 20.2. The number of nitrogens with one attached hydrogen (secondary N) is 2. The molecule has 27 heavy (non-hydrogen) atoms. The van der Waals surface area contributed by atoms with Gasteiger partial charge in [-0.2, -0.15) is 11.8 Å². The Morgan fingerprint density at radius 3 is 2.41 bits per heavy atom. The lowest BCUT2D eigenvalue weighted by atomic mass is 10.1. The number of rotatable bonds is 11. The molecule has 6 nitrogen and oxygen atoms in total. The highest BCUT2D eigenvalue weighted by Crippen LogP contribution is 2.19. The van der Waals surface area contributed by atoms with E-state index in [-0.39, 0.29) is 0 Å². The van der Waals surface area contributed by atoms with Crippen molar-refractivity contribution in [2.24, 2.45) is 5.73 Å². The number of hydrogen-bond donors (Lipinski definition) is 4. The molecule has 0 aliphatic carbocycles. The number of unbranched alkanes of at least 4 members (excludes halogenated alkanes) is 1. The zero-order valence-electron chi connectivity index (χ0n) is 16.2. The van der Waals surface area contributed by atoms with E-state index in [1.807, 2.05) is 12.1 Å². The summed E-state index contributed by atoms with van der Waals surface area (Å²) in [6, 6.07) is 6.51. The van der Waals surface area contributed by atoms with Crippen molar-refractivity contribution in [2.75, 3.05) is 11.5 Å². The molecule has 5 N–H and O–H groups in total. The van der Waals surface area contributed by atoms with E-state index in [2.05, 4.69) is 31.6 Å². The number of hydrogen-bond acceptors (Lipinski definition) is 6. The summed E-state index contributed by atoms with van der Waals surface area (Å²) >= 11 is 3.47. The van der Waals surface area contributed by atoms with E-state index >= 15 is 0 Å². The highest BCUT2D eigenvalue weighted by Gasteiger charge is 2.23. The maximum Gasteiger partial charge on any atom is 0.269 e. The van der Waals surface area contributed by atoms with E-state index in [9.17, 15) is 14.7 Å². The maximum atomic E-state index is 12.1.